The third kappa shape index (κ3) is 3.45. The molecule has 0 bridgehead atoms. The molecule has 1 aliphatic carbocycles. The van der Waals surface area contributed by atoms with Crippen molar-refractivity contribution in [1.82, 2.24) is 9.88 Å². The number of carbonyl (C=O) groups is 1. The second kappa shape index (κ2) is 5.38. The summed E-state index contributed by atoms with van der Waals surface area (Å²) in [7, 11) is 1.85. The van der Waals surface area contributed by atoms with Crippen LogP contribution in [0.1, 0.15) is 37.2 Å². The van der Waals surface area contributed by atoms with Crippen LogP contribution in [-0.4, -0.2) is 35.4 Å². The Hall–Kier alpha value is -1.58. The first-order valence-corrected chi connectivity index (χ1v) is 6.55. The minimum absolute atomic E-state index is 0.00862. The molecule has 0 unspecified atom stereocenters. The number of hydrogen-bond donors (Lipinski definition) is 1. The van der Waals surface area contributed by atoms with E-state index in [1.807, 2.05) is 19.2 Å². The molecule has 2 rings (SSSR count). The van der Waals surface area contributed by atoms with E-state index in [-0.39, 0.29) is 5.91 Å². The van der Waals surface area contributed by atoms with E-state index in [1.54, 1.807) is 11.0 Å². The average Bonchev–Trinajstić information content (AvgIpc) is 3.11. The SMILES string of the molecule is CC(C)Nc1cccc(C(=O)N(C)CC2CC2)n1. The topological polar surface area (TPSA) is 45.2 Å². The molecule has 1 aliphatic rings. The predicted molar refractivity (Wildman–Crippen MR) is 72.7 cm³/mol. The van der Waals surface area contributed by atoms with Gasteiger partial charge in [-0.25, -0.2) is 4.98 Å². The quantitative estimate of drug-likeness (QED) is 0.869. The standard InChI is InChI=1S/C14H21N3O/c1-10(2)15-13-6-4-5-12(16-13)14(18)17(3)9-11-7-8-11/h4-6,10-11H,7-9H2,1-3H3,(H,15,16). The molecule has 1 fully saturated rings. The van der Waals surface area contributed by atoms with Gasteiger partial charge in [0.25, 0.3) is 5.91 Å². The fourth-order valence-corrected chi connectivity index (χ4v) is 1.90. The van der Waals surface area contributed by atoms with Crippen molar-refractivity contribution in [2.24, 2.45) is 5.92 Å². The van der Waals surface area contributed by atoms with Crippen LogP contribution in [0.3, 0.4) is 0 Å². The molecule has 1 saturated carbocycles. The average molecular weight is 247 g/mol. The number of amides is 1. The monoisotopic (exact) mass is 247 g/mol. The fourth-order valence-electron chi connectivity index (χ4n) is 1.90. The summed E-state index contributed by atoms with van der Waals surface area (Å²) in [5.74, 6) is 1.47. The van der Waals surface area contributed by atoms with Gasteiger partial charge in [-0.2, -0.15) is 0 Å². The van der Waals surface area contributed by atoms with Gasteiger partial charge in [0.05, 0.1) is 0 Å². The van der Waals surface area contributed by atoms with E-state index in [4.69, 9.17) is 0 Å². The van der Waals surface area contributed by atoms with Gasteiger partial charge in [0.1, 0.15) is 11.5 Å². The van der Waals surface area contributed by atoms with Crippen LogP contribution in [0.5, 0.6) is 0 Å². The molecule has 1 N–H and O–H groups in total. The van der Waals surface area contributed by atoms with Crippen molar-refractivity contribution in [3.8, 4) is 0 Å². The highest BCUT2D eigenvalue weighted by Crippen LogP contribution is 2.29. The molecule has 0 aliphatic heterocycles. The van der Waals surface area contributed by atoms with E-state index in [2.05, 4.69) is 24.1 Å². The second-order valence-corrected chi connectivity index (χ2v) is 5.34. The summed E-state index contributed by atoms with van der Waals surface area (Å²) in [6.07, 6.45) is 2.50. The summed E-state index contributed by atoms with van der Waals surface area (Å²) in [6, 6.07) is 5.84. The van der Waals surface area contributed by atoms with Crippen LogP contribution in [0, 0.1) is 5.92 Å². The molecule has 0 aromatic carbocycles. The zero-order valence-electron chi connectivity index (χ0n) is 11.3. The first kappa shape index (κ1) is 12.9. The Kier molecular flexibility index (Phi) is 3.84. The lowest BCUT2D eigenvalue weighted by Crippen LogP contribution is -2.29. The highest BCUT2D eigenvalue weighted by molar-refractivity contribution is 5.92. The molecule has 4 nitrogen and oxygen atoms in total. The van der Waals surface area contributed by atoms with Crippen molar-refractivity contribution in [1.29, 1.82) is 0 Å². The summed E-state index contributed by atoms with van der Waals surface area (Å²) in [5, 5.41) is 3.21. The Balaban J connectivity index is 2.04. The van der Waals surface area contributed by atoms with Crippen molar-refractivity contribution >= 4 is 11.7 Å². The Bertz CT molecular complexity index is 427. The number of aromatic nitrogens is 1. The largest absolute Gasteiger partial charge is 0.368 e. The summed E-state index contributed by atoms with van der Waals surface area (Å²) >= 11 is 0. The third-order valence-corrected chi connectivity index (χ3v) is 2.98. The second-order valence-electron chi connectivity index (χ2n) is 5.34. The van der Waals surface area contributed by atoms with Gasteiger partial charge < -0.3 is 10.2 Å². The molecule has 1 amide bonds. The van der Waals surface area contributed by atoms with E-state index >= 15 is 0 Å². The first-order chi connectivity index (χ1) is 8.56. The maximum Gasteiger partial charge on any atom is 0.272 e. The third-order valence-electron chi connectivity index (χ3n) is 2.98. The normalized spacial score (nSPS) is 14.7. The van der Waals surface area contributed by atoms with Crippen LogP contribution in [0.15, 0.2) is 18.2 Å². The summed E-state index contributed by atoms with van der Waals surface area (Å²) < 4.78 is 0. The zero-order valence-corrected chi connectivity index (χ0v) is 11.3. The van der Waals surface area contributed by atoms with Gasteiger partial charge in [0.2, 0.25) is 0 Å². The van der Waals surface area contributed by atoms with Crippen LogP contribution in [0.4, 0.5) is 5.82 Å². The van der Waals surface area contributed by atoms with E-state index in [0.717, 1.165) is 12.4 Å². The highest BCUT2D eigenvalue weighted by Gasteiger charge is 2.25. The molecule has 1 aromatic rings. The van der Waals surface area contributed by atoms with Crippen molar-refractivity contribution in [2.45, 2.75) is 32.7 Å². The number of anilines is 1. The lowest BCUT2D eigenvalue weighted by molar-refractivity contribution is 0.0783. The van der Waals surface area contributed by atoms with Crippen LogP contribution in [0.2, 0.25) is 0 Å². The minimum atomic E-state index is 0.00862. The van der Waals surface area contributed by atoms with E-state index in [9.17, 15) is 4.79 Å². The number of carbonyl (C=O) groups excluding carboxylic acids is 1. The van der Waals surface area contributed by atoms with Crippen LogP contribution in [-0.2, 0) is 0 Å². The fraction of sp³-hybridized carbons (Fsp3) is 0.571. The van der Waals surface area contributed by atoms with Gasteiger partial charge in [0.15, 0.2) is 0 Å². The summed E-state index contributed by atoms with van der Waals surface area (Å²) in [5.41, 5.74) is 0.517. The molecule has 98 valence electrons. The minimum Gasteiger partial charge on any atom is -0.368 e. The predicted octanol–water partition coefficient (Wildman–Crippen LogP) is 2.38. The van der Waals surface area contributed by atoms with Gasteiger partial charge in [-0.15, -0.1) is 0 Å². The van der Waals surface area contributed by atoms with Crippen molar-refractivity contribution < 1.29 is 4.79 Å². The molecule has 18 heavy (non-hydrogen) atoms. The number of hydrogen-bond acceptors (Lipinski definition) is 3. The molecule has 0 saturated heterocycles. The van der Waals surface area contributed by atoms with Gasteiger partial charge in [-0.05, 0) is 44.7 Å². The highest BCUT2D eigenvalue weighted by atomic mass is 16.2. The lowest BCUT2D eigenvalue weighted by atomic mass is 10.3. The van der Waals surface area contributed by atoms with Gasteiger partial charge in [-0.3, -0.25) is 4.79 Å². The molecule has 1 heterocycles. The summed E-state index contributed by atoms with van der Waals surface area (Å²) in [6.45, 7) is 4.95. The van der Waals surface area contributed by atoms with Crippen molar-refractivity contribution in [2.75, 3.05) is 18.9 Å². The molecule has 0 radical (unpaired) electrons. The van der Waals surface area contributed by atoms with Crippen LogP contribution in [0.25, 0.3) is 0 Å². The van der Waals surface area contributed by atoms with E-state index in [0.29, 0.717) is 17.7 Å². The van der Waals surface area contributed by atoms with Crippen molar-refractivity contribution in [3.63, 3.8) is 0 Å². The van der Waals surface area contributed by atoms with Gasteiger partial charge in [0, 0.05) is 19.6 Å². The number of nitrogens with zero attached hydrogens (tertiary/aromatic N) is 2. The first-order valence-electron chi connectivity index (χ1n) is 6.55. The molecular formula is C14H21N3O. The van der Waals surface area contributed by atoms with Crippen LogP contribution < -0.4 is 5.32 Å². The van der Waals surface area contributed by atoms with E-state index in [1.165, 1.54) is 12.8 Å². The van der Waals surface area contributed by atoms with Crippen molar-refractivity contribution in [3.05, 3.63) is 23.9 Å². The smallest absolute Gasteiger partial charge is 0.272 e. The Labute approximate surface area is 108 Å². The molecule has 1 aromatic heterocycles. The molecule has 4 heteroatoms. The van der Waals surface area contributed by atoms with Gasteiger partial charge in [-0.1, -0.05) is 6.07 Å². The molecular weight excluding hydrogens is 226 g/mol. The lowest BCUT2D eigenvalue weighted by Gasteiger charge is -2.17. The Morgan fingerprint density at radius 3 is 2.83 bits per heavy atom. The number of pyridine rings is 1. The summed E-state index contributed by atoms with van der Waals surface area (Å²) in [4.78, 5) is 18.3. The zero-order chi connectivity index (χ0) is 13.1. The maximum atomic E-state index is 12.2. The molecule has 0 spiro atoms. The maximum absolute atomic E-state index is 12.2. The van der Waals surface area contributed by atoms with Gasteiger partial charge >= 0.3 is 0 Å². The Morgan fingerprint density at radius 1 is 1.50 bits per heavy atom. The number of rotatable bonds is 5. The van der Waals surface area contributed by atoms with Crippen LogP contribution >= 0.6 is 0 Å². The Morgan fingerprint density at radius 2 is 2.22 bits per heavy atom. The molecule has 0 atom stereocenters. The number of nitrogens with one attached hydrogen (secondary N) is 1. The van der Waals surface area contributed by atoms with E-state index < -0.39 is 0 Å².